The highest BCUT2D eigenvalue weighted by Gasteiger charge is 2.28. The minimum absolute atomic E-state index is 0.0487. The molecule has 2 N–H and O–H groups in total. The first kappa shape index (κ1) is 17.6. The van der Waals surface area contributed by atoms with Crippen molar-refractivity contribution >= 4 is 109 Å². The smallest absolute Gasteiger partial charge is 0.138 e. The summed E-state index contributed by atoms with van der Waals surface area (Å²) in [4.78, 5) is 0. The highest BCUT2D eigenvalue weighted by atomic mass is 127. The Balaban J connectivity index is 4.04. The standard InChI is InChI=1S/C6H12ClI4N2P/c1-3-5(8,9)12-14(7)13-6(10,11)4-2/h12-13H,3-4H2,1-2H3. The number of nitrogens with one attached hydrogen (secondary N) is 2. The lowest BCUT2D eigenvalue weighted by atomic mass is 10.5. The van der Waals surface area contributed by atoms with Crippen LogP contribution in [0, 0.1) is 0 Å². The van der Waals surface area contributed by atoms with E-state index in [1.54, 1.807) is 0 Å². The summed E-state index contributed by atoms with van der Waals surface area (Å²) >= 11 is 15.8. The minimum atomic E-state index is -0.826. The summed E-state index contributed by atoms with van der Waals surface area (Å²) in [5.74, 6) is 0. The van der Waals surface area contributed by atoms with Gasteiger partial charge in [0, 0.05) is 0 Å². The SMILES string of the molecule is CCC(I)(I)NP(Cl)NC(I)(I)CC. The maximum absolute atomic E-state index is 6.23. The van der Waals surface area contributed by atoms with Crippen LogP contribution in [-0.4, -0.2) is 3.10 Å². The molecule has 0 aromatic rings. The van der Waals surface area contributed by atoms with Crippen molar-refractivity contribution in [1.82, 2.24) is 10.2 Å². The zero-order valence-corrected chi connectivity index (χ0v) is 18.0. The fraction of sp³-hybridized carbons (Fsp3) is 1.00. The van der Waals surface area contributed by atoms with E-state index < -0.39 is 7.58 Å². The summed E-state index contributed by atoms with van der Waals surface area (Å²) in [6.07, 6.45) is 2.09. The van der Waals surface area contributed by atoms with Crippen LogP contribution in [0.2, 0.25) is 0 Å². The summed E-state index contributed by atoms with van der Waals surface area (Å²) < 4.78 is 0.0974. The van der Waals surface area contributed by atoms with Crippen molar-refractivity contribution in [2.24, 2.45) is 0 Å². The average molecular weight is 686 g/mol. The maximum Gasteiger partial charge on any atom is 0.138 e. The fourth-order valence-electron chi connectivity index (χ4n) is 0.473. The lowest BCUT2D eigenvalue weighted by molar-refractivity contribution is 0.774. The molecule has 0 spiro atoms. The van der Waals surface area contributed by atoms with Crippen LogP contribution in [0.1, 0.15) is 26.7 Å². The van der Waals surface area contributed by atoms with E-state index in [0.29, 0.717) is 0 Å². The van der Waals surface area contributed by atoms with Gasteiger partial charge in [0.15, 0.2) is 0 Å². The predicted octanol–water partition coefficient (Wildman–Crippen LogP) is 5.50. The van der Waals surface area contributed by atoms with Gasteiger partial charge >= 0.3 is 0 Å². The quantitative estimate of drug-likeness (QED) is 0.167. The van der Waals surface area contributed by atoms with Crippen molar-refractivity contribution < 1.29 is 0 Å². The Labute approximate surface area is 146 Å². The molecule has 0 aromatic carbocycles. The molecule has 0 aromatic heterocycles. The summed E-state index contributed by atoms with van der Waals surface area (Å²) in [6.45, 7) is 4.29. The second-order valence-electron chi connectivity index (χ2n) is 2.62. The Morgan fingerprint density at radius 3 is 1.50 bits per heavy atom. The third-order valence-electron chi connectivity index (χ3n) is 1.41. The molecular weight excluding hydrogens is 674 g/mol. The van der Waals surface area contributed by atoms with Gasteiger partial charge in [-0.05, 0) is 103 Å². The molecule has 0 saturated carbocycles. The van der Waals surface area contributed by atoms with Crippen molar-refractivity contribution in [1.29, 1.82) is 0 Å². The first-order valence-corrected chi connectivity index (χ1v) is 10.6. The van der Waals surface area contributed by atoms with E-state index in [-0.39, 0.29) is 3.10 Å². The van der Waals surface area contributed by atoms with Crippen molar-refractivity contribution in [3.8, 4) is 0 Å². The van der Waals surface area contributed by atoms with Crippen molar-refractivity contribution in [3.05, 3.63) is 0 Å². The average Bonchev–Trinajstić information content (AvgIpc) is 2.02. The number of hydrogen-bond donors (Lipinski definition) is 2. The van der Waals surface area contributed by atoms with E-state index in [2.05, 4.69) is 114 Å². The summed E-state index contributed by atoms with van der Waals surface area (Å²) in [6, 6.07) is 0. The topological polar surface area (TPSA) is 24.1 Å². The first-order valence-electron chi connectivity index (χ1n) is 3.99. The van der Waals surface area contributed by atoms with E-state index in [4.69, 9.17) is 11.2 Å². The molecule has 0 rings (SSSR count). The molecule has 0 aliphatic heterocycles. The van der Waals surface area contributed by atoms with Gasteiger partial charge in [0.2, 0.25) is 0 Å². The van der Waals surface area contributed by atoms with Gasteiger partial charge in [0.25, 0.3) is 0 Å². The highest BCUT2D eigenvalue weighted by Crippen LogP contribution is 2.46. The third-order valence-corrected chi connectivity index (χ3v) is 8.91. The zero-order chi connectivity index (χ0) is 11.4. The third kappa shape index (κ3) is 8.62. The molecule has 14 heavy (non-hydrogen) atoms. The highest BCUT2D eigenvalue weighted by molar-refractivity contribution is 14.2. The Morgan fingerprint density at radius 1 is 1.00 bits per heavy atom. The summed E-state index contributed by atoms with van der Waals surface area (Å²) in [5.41, 5.74) is 0. The van der Waals surface area contributed by atoms with E-state index in [9.17, 15) is 0 Å². The van der Waals surface area contributed by atoms with Crippen LogP contribution < -0.4 is 10.2 Å². The van der Waals surface area contributed by atoms with Crippen LogP contribution in [0.3, 0.4) is 0 Å². The van der Waals surface area contributed by atoms with Crippen LogP contribution in [0.25, 0.3) is 0 Å². The zero-order valence-electron chi connectivity index (χ0n) is 7.75. The number of alkyl halides is 4. The van der Waals surface area contributed by atoms with Gasteiger partial charge in [0.1, 0.15) is 10.7 Å². The molecule has 0 aliphatic rings. The second-order valence-corrected chi connectivity index (χ2v) is 16.1. The first-order chi connectivity index (χ1) is 6.22. The minimum Gasteiger partial charge on any atom is -0.248 e. The predicted molar refractivity (Wildman–Crippen MR) is 101 cm³/mol. The van der Waals surface area contributed by atoms with E-state index in [1.165, 1.54) is 0 Å². The van der Waals surface area contributed by atoms with Gasteiger partial charge in [-0.3, -0.25) is 0 Å². The van der Waals surface area contributed by atoms with Crippen molar-refractivity contribution in [2.75, 3.05) is 0 Å². The molecule has 0 radical (unpaired) electrons. The van der Waals surface area contributed by atoms with Gasteiger partial charge in [-0.1, -0.05) is 25.1 Å². The normalized spacial score (nSPS) is 13.7. The monoisotopic (exact) mass is 686 g/mol. The molecule has 0 heterocycles. The molecule has 0 unspecified atom stereocenters. The van der Waals surface area contributed by atoms with E-state index in [0.717, 1.165) is 12.8 Å². The molecule has 0 aliphatic carbocycles. The number of halogens is 5. The Kier molecular flexibility index (Phi) is 9.88. The van der Waals surface area contributed by atoms with Crippen LogP contribution in [0.15, 0.2) is 0 Å². The number of rotatable bonds is 6. The second kappa shape index (κ2) is 7.88. The molecule has 0 atom stereocenters. The van der Waals surface area contributed by atoms with Crippen LogP contribution >= 0.6 is 109 Å². The maximum atomic E-state index is 6.23. The number of hydrogen-bond acceptors (Lipinski definition) is 2. The van der Waals surface area contributed by atoms with Gasteiger partial charge in [-0.25, -0.2) is 10.2 Å². The molecular formula is C6H12ClI4N2P. The fourth-order valence-corrected chi connectivity index (χ4v) is 6.89. The van der Waals surface area contributed by atoms with Gasteiger partial charge in [0.05, 0.1) is 0 Å². The van der Waals surface area contributed by atoms with Crippen molar-refractivity contribution in [2.45, 2.75) is 29.8 Å². The van der Waals surface area contributed by atoms with E-state index in [1.807, 2.05) is 0 Å². The van der Waals surface area contributed by atoms with Crippen molar-refractivity contribution in [3.63, 3.8) is 0 Å². The molecule has 2 nitrogen and oxygen atoms in total. The summed E-state index contributed by atoms with van der Waals surface area (Å²) in [5, 5.41) is 6.76. The lowest BCUT2D eigenvalue weighted by Crippen LogP contribution is -2.35. The van der Waals surface area contributed by atoms with Crippen LogP contribution in [0.4, 0.5) is 0 Å². The summed E-state index contributed by atoms with van der Waals surface area (Å²) in [7, 11) is -0.826. The van der Waals surface area contributed by atoms with Gasteiger partial charge < -0.3 is 0 Å². The van der Waals surface area contributed by atoms with E-state index >= 15 is 0 Å². The van der Waals surface area contributed by atoms with Gasteiger partial charge in [-0.2, -0.15) is 0 Å². The molecule has 0 saturated heterocycles. The molecule has 86 valence electrons. The Bertz CT molecular complexity index is 163. The lowest BCUT2D eigenvalue weighted by Gasteiger charge is -2.29. The molecule has 0 amide bonds. The molecule has 0 bridgehead atoms. The van der Waals surface area contributed by atoms with Crippen LogP contribution in [-0.2, 0) is 0 Å². The molecule has 0 fully saturated rings. The molecule has 8 heteroatoms. The Hall–Kier alpha value is 3.56. The van der Waals surface area contributed by atoms with Gasteiger partial charge in [-0.15, -0.1) is 0 Å². The van der Waals surface area contributed by atoms with Crippen LogP contribution in [0.5, 0.6) is 0 Å². The Morgan fingerprint density at radius 2 is 1.29 bits per heavy atom. The largest absolute Gasteiger partial charge is 0.248 e.